The van der Waals surface area contributed by atoms with Crippen molar-refractivity contribution in [1.29, 1.82) is 0 Å². The average Bonchev–Trinajstić information content (AvgIpc) is 2.45. The molecule has 0 atom stereocenters. The predicted molar refractivity (Wildman–Crippen MR) is 71.4 cm³/mol. The molecule has 1 aromatic heterocycles. The van der Waals surface area contributed by atoms with Crippen molar-refractivity contribution in [3.63, 3.8) is 0 Å². The van der Waals surface area contributed by atoms with Crippen LogP contribution >= 0.6 is 0 Å². The SMILES string of the molecule is CCCc1c(O)nn(C(C)(C)C)c1CC(C)C. The Morgan fingerprint density at radius 3 is 2.29 bits per heavy atom. The lowest BCUT2D eigenvalue weighted by molar-refractivity contribution is 0.325. The highest BCUT2D eigenvalue weighted by Crippen LogP contribution is 2.29. The lowest BCUT2D eigenvalue weighted by Gasteiger charge is -2.23. The van der Waals surface area contributed by atoms with Crippen molar-refractivity contribution in [1.82, 2.24) is 9.78 Å². The minimum Gasteiger partial charge on any atom is -0.492 e. The number of aromatic hydroxyl groups is 1. The van der Waals surface area contributed by atoms with Crippen molar-refractivity contribution < 1.29 is 5.11 Å². The quantitative estimate of drug-likeness (QED) is 0.872. The van der Waals surface area contributed by atoms with Crippen LogP contribution in [0.4, 0.5) is 0 Å². The van der Waals surface area contributed by atoms with Gasteiger partial charge in [0.1, 0.15) is 0 Å². The Balaban J connectivity index is 3.25. The van der Waals surface area contributed by atoms with Crippen LogP contribution in [0.2, 0.25) is 0 Å². The second kappa shape index (κ2) is 5.11. The third-order valence-corrected chi connectivity index (χ3v) is 2.81. The van der Waals surface area contributed by atoms with Gasteiger partial charge in [0.2, 0.25) is 5.88 Å². The second-order valence-electron chi connectivity index (χ2n) is 6.18. The van der Waals surface area contributed by atoms with E-state index in [1.165, 1.54) is 5.69 Å². The molecule has 17 heavy (non-hydrogen) atoms. The van der Waals surface area contributed by atoms with Gasteiger partial charge in [-0.1, -0.05) is 27.2 Å². The monoisotopic (exact) mass is 238 g/mol. The molecule has 0 bridgehead atoms. The first-order chi connectivity index (χ1) is 7.77. The third-order valence-electron chi connectivity index (χ3n) is 2.81. The molecule has 0 fully saturated rings. The Kier molecular flexibility index (Phi) is 4.23. The summed E-state index contributed by atoms with van der Waals surface area (Å²) in [5, 5.41) is 14.3. The van der Waals surface area contributed by atoms with Crippen molar-refractivity contribution in [3.05, 3.63) is 11.3 Å². The molecule has 0 aliphatic heterocycles. The molecule has 0 saturated carbocycles. The van der Waals surface area contributed by atoms with E-state index in [0.717, 1.165) is 24.8 Å². The Hall–Kier alpha value is -0.990. The van der Waals surface area contributed by atoms with Crippen molar-refractivity contribution in [2.45, 2.75) is 66.3 Å². The molecule has 3 heteroatoms. The van der Waals surface area contributed by atoms with Crippen molar-refractivity contribution >= 4 is 0 Å². The molecule has 3 nitrogen and oxygen atoms in total. The van der Waals surface area contributed by atoms with Crippen molar-refractivity contribution in [2.75, 3.05) is 0 Å². The van der Waals surface area contributed by atoms with Crippen LogP contribution in [-0.2, 0) is 18.4 Å². The molecule has 1 aromatic rings. The van der Waals surface area contributed by atoms with Gasteiger partial charge in [-0.15, -0.1) is 5.10 Å². The summed E-state index contributed by atoms with van der Waals surface area (Å²) in [7, 11) is 0. The normalized spacial score (nSPS) is 12.4. The molecule has 0 aromatic carbocycles. The third kappa shape index (κ3) is 3.24. The number of hydrogen-bond donors (Lipinski definition) is 1. The van der Waals surface area contributed by atoms with Crippen LogP contribution in [0, 0.1) is 5.92 Å². The summed E-state index contributed by atoms with van der Waals surface area (Å²) in [6.45, 7) is 12.9. The smallest absolute Gasteiger partial charge is 0.233 e. The first-order valence-corrected chi connectivity index (χ1v) is 6.57. The second-order valence-corrected chi connectivity index (χ2v) is 6.18. The van der Waals surface area contributed by atoms with Crippen LogP contribution in [0.1, 0.15) is 59.2 Å². The highest BCUT2D eigenvalue weighted by atomic mass is 16.3. The fraction of sp³-hybridized carbons (Fsp3) is 0.786. The predicted octanol–water partition coefficient (Wildman–Crippen LogP) is 3.49. The molecule has 1 N–H and O–H groups in total. The standard InChI is InChI=1S/C14H26N2O/c1-7-8-11-12(9-10(2)3)16(14(4,5)6)15-13(11)17/h10H,7-9H2,1-6H3,(H,15,17). The molecular formula is C14H26N2O. The van der Waals surface area contributed by atoms with Crippen LogP contribution in [0.25, 0.3) is 0 Å². The highest BCUT2D eigenvalue weighted by molar-refractivity contribution is 5.31. The zero-order valence-electron chi connectivity index (χ0n) is 12.0. The Labute approximate surface area is 105 Å². The first kappa shape index (κ1) is 14.1. The molecule has 1 heterocycles. The molecule has 0 aliphatic carbocycles. The van der Waals surface area contributed by atoms with Crippen LogP contribution < -0.4 is 0 Å². The Bertz CT molecular complexity index is 372. The number of nitrogens with zero attached hydrogens (tertiary/aromatic N) is 2. The van der Waals surface area contributed by atoms with E-state index in [0.29, 0.717) is 5.92 Å². The minimum absolute atomic E-state index is 0.0757. The number of rotatable bonds is 4. The van der Waals surface area contributed by atoms with Gasteiger partial charge < -0.3 is 5.11 Å². The largest absolute Gasteiger partial charge is 0.492 e. The molecule has 0 spiro atoms. The molecule has 1 rings (SSSR count). The van der Waals surface area contributed by atoms with Gasteiger partial charge in [0.15, 0.2) is 0 Å². The molecule has 98 valence electrons. The fourth-order valence-electron chi connectivity index (χ4n) is 2.13. The van der Waals surface area contributed by atoms with E-state index in [-0.39, 0.29) is 11.4 Å². The summed E-state index contributed by atoms with van der Waals surface area (Å²) in [5.41, 5.74) is 2.16. The number of hydrogen-bond acceptors (Lipinski definition) is 2. The summed E-state index contributed by atoms with van der Waals surface area (Å²) >= 11 is 0. The lowest BCUT2D eigenvalue weighted by atomic mass is 10.00. The van der Waals surface area contributed by atoms with Crippen LogP contribution in [0.15, 0.2) is 0 Å². The van der Waals surface area contributed by atoms with Gasteiger partial charge in [-0.2, -0.15) is 0 Å². The number of aromatic nitrogens is 2. The molecule has 0 radical (unpaired) electrons. The molecular weight excluding hydrogens is 212 g/mol. The Morgan fingerprint density at radius 2 is 1.88 bits per heavy atom. The Morgan fingerprint density at radius 1 is 1.29 bits per heavy atom. The maximum atomic E-state index is 9.99. The molecule has 0 saturated heterocycles. The van der Waals surface area contributed by atoms with Crippen LogP contribution in [0.3, 0.4) is 0 Å². The van der Waals surface area contributed by atoms with E-state index in [2.05, 4.69) is 46.6 Å². The van der Waals surface area contributed by atoms with Gasteiger partial charge in [-0.05, 0) is 39.5 Å². The summed E-state index contributed by atoms with van der Waals surface area (Å²) in [6, 6.07) is 0. The minimum atomic E-state index is -0.0757. The summed E-state index contributed by atoms with van der Waals surface area (Å²) < 4.78 is 1.99. The van der Waals surface area contributed by atoms with E-state index in [1.54, 1.807) is 0 Å². The van der Waals surface area contributed by atoms with Crippen molar-refractivity contribution in [3.8, 4) is 5.88 Å². The van der Waals surface area contributed by atoms with Crippen LogP contribution in [-0.4, -0.2) is 14.9 Å². The first-order valence-electron chi connectivity index (χ1n) is 6.57. The maximum Gasteiger partial charge on any atom is 0.233 e. The van der Waals surface area contributed by atoms with Crippen LogP contribution in [0.5, 0.6) is 5.88 Å². The zero-order chi connectivity index (χ0) is 13.2. The average molecular weight is 238 g/mol. The highest BCUT2D eigenvalue weighted by Gasteiger charge is 2.24. The fourth-order valence-corrected chi connectivity index (χ4v) is 2.13. The van der Waals surface area contributed by atoms with Gasteiger partial charge in [0.05, 0.1) is 5.54 Å². The maximum absolute atomic E-state index is 9.99. The zero-order valence-corrected chi connectivity index (χ0v) is 12.0. The van der Waals surface area contributed by atoms with Gasteiger partial charge >= 0.3 is 0 Å². The summed E-state index contributed by atoms with van der Waals surface area (Å²) in [5.74, 6) is 0.792. The molecule has 0 amide bonds. The summed E-state index contributed by atoms with van der Waals surface area (Å²) in [4.78, 5) is 0. The van der Waals surface area contributed by atoms with E-state index >= 15 is 0 Å². The van der Waals surface area contributed by atoms with E-state index in [9.17, 15) is 5.11 Å². The van der Waals surface area contributed by atoms with E-state index in [1.807, 2.05) is 4.68 Å². The van der Waals surface area contributed by atoms with Gasteiger partial charge in [0, 0.05) is 11.3 Å². The van der Waals surface area contributed by atoms with Gasteiger partial charge in [-0.3, -0.25) is 4.68 Å². The van der Waals surface area contributed by atoms with Crippen molar-refractivity contribution in [2.24, 2.45) is 5.92 Å². The molecule has 0 unspecified atom stereocenters. The van der Waals surface area contributed by atoms with E-state index < -0.39 is 0 Å². The summed E-state index contributed by atoms with van der Waals surface area (Å²) in [6.07, 6.45) is 2.92. The van der Waals surface area contributed by atoms with Gasteiger partial charge in [0.25, 0.3) is 0 Å². The molecule has 0 aliphatic rings. The van der Waals surface area contributed by atoms with Gasteiger partial charge in [-0.25, -0.2) is 0 Å². The van der Waals surface area contributed by atoms with E-state index in [4.69, 9.17) is 0 Å². The topological polar surface area (TPSA) is 38.1 Å². The lowest BCUT2D eigenvalue weighted by Crippen LogP contribution is -2.26.